The lowest BCUT2D eigenvalue weighted by atomic mass is 9.98. The normalized spacial score (nSPS) is 15.0. The van der Waals surface area contributed by atoms with E-state index in [0.717, 1.165) is 22.3 Å². The van der Waals surface area contributed by atoms with E-state index in [2.05, 4.69) is 5.32 Å². The molecule has 0 heterocycles. The number of alkyl carbamates (subject to hydrolysis) is 1. The van der Waals surface area contributed by atoms with Crippen LogP contribution < -0.4 is 10.4 Å². The van der Waals surface area contributed by atoms with E-state index in [0.29, 0.717) is 0 Å². The van der Waals surface area contributed by atoms with E-state index in [1.165, 1.54) is 6.92 Å². The van der Waals surface area contributed by atoms with Gasteiger partial charge >= 0.3 is 6.09 Å². The summed E-state index contributed by atoms with van der Waals surface area (Å²) < 4.78 is 5.22. The van der Waals surface area contributed by atoms with Crippen LogP contribution in [0.1, 0.15) is 24.0 Å². The Hall–Kier alpha value is -2.86. The molecule has 0 fully saturated rings. The monoisotopic (exact) mass is 340 g/mol. The summed E-state index contributed by atoms with van der Waals surface area (Å²) in [4.78, 5) is 22.8. The van der Waals surface area contributed by atoms with Gasteiger partial charge in [-0.25, -0.2) is 4.79 Å². The second-order valence-corrected chi connectivity index (χ2v) is 6.01. The number of fused-ring (bicyclic) bond motifs is 3. The molecule has 0 unspecified atom stereocenters. The number of aliphatic hydroxyl groups is 1. The first-order valence-electron chi connectivity index (χ1n) is 7.99. The molecule has 1 aliphatic rings. The smallest absolute Gasteiger partial charge is 0.407 e. The van der Waals surface area contributed by atoms with Gasteiger partial charge in [0, 0.05) is 5.92 Å². The molecule has 0 aliphatic heterocycles. The van der Waals surface area contributed by atoms with Gasteiger partial charge in [0.05, 0.1) is 18.1 Å². The largest absolute Gasteiger partial charge is 0.548 e. The van der Waals surface area contributed by atoms with Crippen LogP contribution in [0, 0.1) is 0 Å². The minimum atomic E-state index is -1.57. The Morgan fingerprint density at radius 1 is 1.12 bits per heavy atom. The third kappa shape index (κ3) is 3.34. The van der Waals surface area contributed by atoms with E-state index in [4.69, 9.17) is 4.74 Å². The van der Waals surface area contributed by atoms with Crippen LogP contribution in [-0.2, 0) is 9.53 Å². The Bertz CT molecular complexity index is 756. The van der Waals surface area contributed by atoms with E-state index in [9.17, 15) is 19.8 Å². The van der Waals surface area contributed by atoms with Gasteiger partial charge in [0.2, 0.25) is 0 Å². The first-order valence-corrected chi connectivity index (χ1v) is 7.99. The Kier molecular flexibility index (Phi) is 4.72. The summed E-state index contributed by atoms with van der Waals surface area (Å²) >= 11 is 0. The molecular weight excluding hydrogens is 322 g/mol. The molecule has 0 spiro atoms. The predicted molar refractivity (Wildman–Crippen MR) is 88.7 cm³/mol. The second-order valence-electron chi connectivity index (χ2n) is 6.01. The molecule has 3 rings (SSSR count). The van der Waals surface area contributed by atoms with Crippen molar-refractivity contribution in [1.82, 2.24) is 5.32 Å². The molecule has 0 aromatic heterocycles. The van der Waals surface area contributed by atoms with Crippen molar-refractivity contribution in [3.05, 3.63) is 59.7 Å². The Labute approximate surface area is 145 Å². The minimum absolute atomic E-state index is 0.0689. The van der Waals surface area contributed by atoms with Crippen molar-refractivity contribution in [3.8, 4) is 11.1 Å². The number of hydrogen-bond donors (Lipinski definition) is 2. The van der Waals surface area contributed by atoms with Crippen molar-refractivity contribution in [2.24, 2.45) is 0 Å². The number of amides is 1. The highest BCUT2D eigenvalue weighted by atomic mass is 16.5. The van der Waals surface area contributed by atoms with Gasteiger partial charge in [0.15, 0.2) is 0 Å². The maximum atomic E-state index is 11.9. The zero-order valence-electron chi connectivity index (χ0n) is 13.6. The lowest BCUT2D eigenvalue weighted by Gasteiger charge is -2.22. The molecule has 0 saturated carbocycles. The molecule has 130 valence electrons. The summed E-state index contributed by atoms with van der Waals surface area (Å²) in [6.07, 6.45) is -2.19. The van der Waals surface area contributed by atoms with Gasteiger partial charge < -0.3 is 25.1 Å². The molecule has 25 heavy (non-hydrogen) atoms. The second kappa shape index (κ2) is 6.94. The van der Waals surface area contributed by atoms with Crippen LogP contribution in [0.5, 0.6) is 0 Å². The molecule has 6 nitrogen and oxygen atoms in total. The van der Waals surface area contributed by atoms with Gasteiger partial charge in [-0.15, -0.1) is 0 Å². The van der Waals surface area contributed by atoms with E-state index in [-0.39, 0.29) is 12.5 Å². The van der Waals surface area contributed by atoms with Crippen LogP contribution in [0.15, 0.2) is 48.5 Å². The zero-order chi connectivity index (χ0) is 18.0. The maximum absolute atomic E-state index is 11.9. The van der Waals surface area contributed by atoms with E-state index < -0.39 is 24.2 Å². The summed E-state index contributed by atoms with van der Waals surface area (Å²) in [6, 6.07) is 14.3. The standard InChI is InChI=1S/C19H19NO5/c1-11(21)17(18(22)23)20-19(24)25-10-16-14-8-4-2-6-12(14)13-7-3-5-9-15(13)16/h2-9,11,16-17,21H,10H2,1H3,(H,20,24)(H,22,23)/p-1/t11-,17-/m0/s1. The summed E-state index contributed by atoms with van der Waals surface area (Å²) in [5.41, 5.74) is 4.32. The number of carboxylic acid groups (broad SMARTS) is 1. The molecule has 0 saturated heterocycles. The van der Waals surface area contributed by atoms with Crippen molar-refractivity contribution in [2.75, 3.05) is 6.61 Å². The summed E-state index contributed by atoms with van der Waals surface area (Å²) in [7, 11) is 0. The fourth-order valence-electron chi connectivity index (χ4n) is 3.14. The fraction of sp³-hybridized carbons (Fsp3) is 0.263. The zero-order valence-corrected chi connectivity index (χ0v) is 13.6. The van der Waals surface area contributed by atoms with Crippen LogP contribution >= 0.6 is 0 Å². The minimum Gasteiger partial charge on any atom is -0.548 e. The van der Waals surface area contributed by atoms with Gasteiger partial charge in [-0.1, -0.05) is 48.5 Å². The Morgan fingerprint density at radius 2 is 1.64 bits per heavy atom. The third-order valence-electron chi connectivity index (χ3n) is 4.35. The van der Waals surface area contributed by atoms with Gasteiger partial charge in [-0.05, 0) is 29.2 Å². The molecule has 2 atom stereocenters. The molecule has 1 aliphatic carbocycles. The molecule has 0 bridgehead atoms. The number of nitrogens with one attached hydrogen (secondary N) is 1. The van der Waals surface area contributed by atoms with Crippen molar-refractivity contribution in [2.45, 2.75) is 25.0 Å². The van der Waals surface area contributed by atoms with Crippen LogP contribution in [0.25, 0.3) is 11.1 Å². The fourth-order valence-corrected chi connectivity index (χ4v) is 3.14. The quantitative estimate of drug-likeness (QED) is 0.847. The average Bonchev–Trinajstić information content (AvgIpc) is 2.91. The van der Waals surface area contributed by atoms with Crippen molar-refractivity contribution < 1.29 is 24.5 Å². The maximum Gasteiger partial charge on any atom is 0.407 e. The van der Waals surface area contributed by atoms with Crippen LogP contribution in [-0.4, -0.2) is 35.9 Å². The SMILES string of the molecule is C[C@H](O)[C@H](NC(=O)OCC1c2ccccc2-c2ccccc21)C(=O)[O-]. The van der Waals surface area contributed by atoms with Crippen LogP contribution in [0.2, 0.25) is 0 Å². The molecular formula is C19H18NO5-. The molecule has 2 N–H and O–H groups in total. The molecule has 0 radical (unpaired) electrons. The highest BCUT2D eigenvalue weighted by Crippen LogP contribution is 2.44. The number of aliphatic carboxylic acids is 1. The van der Waals surface area contributed by atoms with Gasteiger partial charge in [-0.2, -0.15) is 0 Å². The Morgan fingerprint density at radius 3 is 2.12 bits per heavy atom. The number of carboxylic acids is 1. The number of rotatable bonds is 5. The predicted octanol–water partition coefficient (Wildman–Crippen LogP) is 1.02. The lowest BCUT2D eigenvalue weighted by Crippen LogP contribution is -2.53. The molecule has 2 aromatic carbocycles. The van der Waals surface area contributed by atoms with E-state index in [1.54, 1.807) is 0 Å². The number of benzene rings is 2. The lowest BCUT2D eigenvalue weighted by molar-refractivity contribution is -0.310. The van der Waals surface area contributed by atoms with Crippen molar-refractivity contribution in [1.29, 1.82) is 0 Å². The summed E-state index contributed by atoms with van der Waals surface area (Å²) in [5.74, 6) is -1.69. The van der Waals surface area contributed by atoms with Gasteiger partial charge in [-0.3, -0.25) is 0 Å². The Balaban J connectivity index is 1.73. The van der Waals surface area contributed by atoms with Crippen LogP contribution in [0.3, 0.4) is 0 Å². The van der Waals surface area contributed by atoms with Gasteiger partial charge in [0.25, 0.3) is 0 Å². The van der Waals surface area contributed by atoms with Crippen molar-refractivity contribution in [3.63, 3.8) is 0 Å². The first kappa shape index (κ1) is 17.0. The number of carbonyl (C=O) groups is 2. The highest BCUT2D eigenvalue weighted by Gasteiger charge is 2.29. The highest BCUT2D eigenvalue weighted by molar-refractivity contribution is 5.80. The average molecular weight is 340 g/mol. The molecule has 1 amide bonds. The van der Waals surface area contributed by atoms with E-state index in [1.807, 2.05) is 48.5 Å². The molecule has 6 heteroatoms. The number of aliphatic hydroxyl groups excluding tert-OH is 1. The van der Waals surface area contributed by atoms with Crippen molar-refractivity contribution >= 4 is 12.1 Å². The first-order chi connectivity index (χ1) is 12.0. The van der Waals surface area contributed by atoms with E-state index >= 15 is 0 Å². The number of carbonyl (C=O) groups excluding carboxylic acids is 2. The number of hydrogen-bond acceptors (Lipinski definition) is 5. The summed E-state index contributed by atoms with van der Waals surface area (Å²) in [5, 5.41) is 22.4. The third-order valence-corrected chi connectivity index (χ3v) is 4.35. The van der Waals surface area contributed by atoms with Crippen LogP contribution in [0.4, 0.5) is 4.79 Å². The molecule has 2 aromatic rings. The van der Waals surface area contributed by atoms with Gasteiger partial charge in [0.1, 0.15) is 6.61 Å². The topological polar surface area (TPSA) is 98.7 Å². The number of ether oxygens (including phenoxy) is 1. The summed E-state index contributed by atoms with van der Waals surface area (Å²) in [6.45, 7) is 1.32.